The predicted octanol–water partition coefficient (Wildman–Crippen LogP) is 0.602. The maximum atomic E-state index is 11.2. The number of carbonyl (C=O) groups excluding carboxylic acids is 1. The van der Waals surface area contributed by atoms with Crippen LogP contribution in [0.25, 0.3) is 0 Å². The Morgan fingerprint density at radius 1 is 1.82 bits per heavy atom. The highest BCUT2D eigenvalue weighted by Crippen LogP contribution is 2.25. The summed E-state index contributed by atoms with van der Waals surface area (Å²) in [6.45, 7) is 0.329. The van der Waals surface area contributed by atoms with E-state index in [2.05, 4.69) is 5.32 Å². The normalized spacial score (nSPS) is 23.5. The molecule has 11 heavy (non-hydrogen) atoms. The maximum absolute atomic E-state index is 11.2. The molecule has 1 unspecified atom stereocenters. The first-order chi connectivity index (χ1) is 5.34. The summed E-state index contributed by atoms with van der Waals surface area (Å²) < 4.78 is 4.73. The molecule has 0 bridgehead atoms. The van der Waals surface area contributed by atoms with Crippen LogP contribution in [0.2, 0.25) is 0 Å². The lowest BCUT2D eigenvalue weighted by Gasteiger charge is -2.07. The summed E-state index contributed by atoms with van der Waals surface area (Å²) in [5.74, 6) is 1.24. The smallest absolute Gasteiger partial charge is 0.234 e. The molecule has 4 heteroatoms. The molecule has 1 N–H and O–H groups in total. The SMILES string of the molecule is COCNC(=O)C1CCCS1. The van der Waals surface area contributed by atoms with Crippen molar-refractivity contribution in [1.82, 2.24) is 5.32 Å². The summed E-state index contributed by atoms with van der Waals surface area (Å²) in [5.41, 5.74) is 0. The van der Waals surface area contributed by atoms with Gasteiger partial charge < -0.3 is 10.1 Å². The van der Waals surface area contributed by atoms with Gasteiger partial charge in [0, 0.05) is 7.11 Å². The number of hydrogen-bond donors (Lipinski definition) is 1. The molecule has 0 aromatic rings. The molecular formula is C7H13NO2S. The van der Waals surface area contributed by atoms with Gasteiger partial charge in [-0.25, -0.2) is 0 Å². The number of carbonyl (C=O) groups is 1. The van der Waals surface area contributed by atoms with Crippen molar-refractivity contribution < 1.29 is 9.53 Å². The van der Waals surface area contributed by atoms with Gasteiger partial charge in [-0.3, -0.25) is 4.79 Å². The van der Waals surface area contributed by atoms with E-state index in [1.165, 1.54) is 0 Å². The van der Waals surface area contributed by atoms with E-state index in [0.717, 1.165) is 18.6 Å². The minimum Gasteiger partial charge on any atom is -0.364 e. The van der Waals surface area contributed by atoms with Crippen molar-refractivity contribution in [3.8, 4) is 0 Å². The van der Waals surface area contributed by atoms with Crippen molar-refractivity contribution in [3.05, 3.63) is 0 Å². The molecule has 0 aliphatic carbocycles. The first-order valence-electron chi connectivity index (χ1n) is 3.73. The second-order valence-corrected chi connectivity index (χ2v) is 3.79. The molecule has 1 aliphatic heterocycles. The number of methoxy groups -OCH3 is 1. The third-order valence-electron chi connectivity index (χ3n) is 1.61. The van der Waals surface area contributed by atoms with Gasteiger partial charge in [-0.2, -0.15) is 0 Å². The minimum absolute atomic E-state index is 0.120. The molecular weight excluding hydrogens is 162 g/mol. The third kappa shape index (κ3) is 2.71. The van der Waals surface area contributed by atoms with Crippen molar-refractivity contribution in [2.75, 3.05) is 19.6 Å². The Morgan fingerprint density at radius 2 is 2.64 bits per heavy atom. The molecule has 0 aromatic heterocycles. The fourth-order valence-electron chi connectivity index (χ4n) is 1.04. The highest BCUT2D eigenvalue weighted by Gasteiger charge is 2.22. The Balaban J connectivity index is 2.17. The van der Waals surface area contributed by atoms with Gasteiger partial charge in [0.05, 0.1) is 5.25 Å². The molecule has 1 rings (SSSR count). The zero-order chi connectivity index (χ0) is 8.10. The maximum Gasteiger partial charge on any atom is 0.234 e. The van der Waals surface area contributed by atoms with E-state index < -0.39 is 0 Å². The number of hydrogen-bond acceptors (Lipinski definition) is 3. The first-order valence-corrected chi connectivity index (χ1v) is 4.77. The Morgan fingerprint density at radius 3 is 3.18 bits per heavy atom. The van der Waals surface area contributed by atoms with E-state index in [0.29, 0.717) is 6.73 Å². The monoisotopic (exact) mass is 175 g/mol. The minimum atomic E-state index is 0.120. The van der Waals surface area contributed by atoms with Gasteiger partial charge in [0.1, 0.15) is 6.73 Å². The van der Waals surface area contributed by atoms with Crippen molar-refractivity contribution in [2.45, 2.75) is 18.1 Å². The van der Waals surface area contributed by atoms with Gasteiger partial charge in [-0.1, -0.05) is 0 Å². The summed E-state index contributed by atoms with van der Waals surface area (Å²) in [6, 6.07) is 0. The van der Waals surface area contributed by atoms with Crippen LogP contribution in [0, 0.1) is 0 Å². The van der Waals surface area contributed by atoms with Crippen LogP contribution < -0.4 is 5.32 Å². The molecule has 1 aliphatic rings. The van der Waals surface area contributed by atoms with Gasteiger partial charge in [-0.15, -0.1) is 11.8 Å². The molecule has 1 atom stereocenters. The summed E-state index contributed by atoms with van der Waals surface area (Å²) in [5, 5.41) is 2.86. The lowest BCUT2D eigenvalue weighted by molar-refractivity contribution is -0.122. The van der Waals surface area contributed by atoms with E-state index in [1.54, 1.807) is 18.9 Å². The molecule has 1 fully saturated rings. The number of thioether (sulfide) groups is 1. The molecule has 1 heterocycles. The van der Waals surface area contributed by atoms with Crippen molar-refractivity contribution >= 4 is 17.7 Å². The van der Waals surface area contributed by atoms with Gasteiger partial charge in [0.2, 0.25) is 5.91 Å². The quantitative estimate of drug-likeness (QED) is 0.638. The Labute approximate surface area is 70.9 Å². The van der Waals surface area contributed by atoms with E-state index in [-0.39, 0.29) is 11.2 Å². The molecule has 1 amide bonds. The summed E-state index contributed by atoms with van der Waals surface area (Å²) in [6.07, 6.45) is 2.18. The summed E-state index contributed by atoms with van der Waals surface area (Å²) in [4.78, 5) is 11.2. The van der Waals surface area contributed by atoms with Crippen LogP contribution in [0.15, 0.2) is 0 Å². The van der Waals surface area contributed by atoms with Gasteiger partial charge in [0.15, 0.2) is 0 Å². The second-order valence-electron chi connectivity index (χ2n) is 2.48. The topological polar surface area (TPSA) is 38.3 Å². The molecule has 64 valence electrons. The fraction of sp³-hybridized carbons (Fsp3) is 0.857. The highest BCUT2D eigenvalue weighted by molar-refractivity contribution is 8.00. The van der Waals surface area contributed by atoms with Crippen LogP contribution in [-0.4, -0.2) is 30.8 Å². The van der Waals surface area contributed by atoms with Crippen LogP contribution in [-0.2, 0) is 9.53 Å². The molecule has 1 saturated heterocycles. The standard InChI is InChI=1S/C7H13NO2S/c1-10-5-8-7(9)6-3-2-4-11-6/h6H,2-5H2,1H3,(H,8,9). The number of rotatable bonds is 3. The van der Waals surface area contributed by atoms with Gasteiger partial charge in [-0.05, 0) is 18.6 Å². The molecule has 3 nitrogen and oxygen atoms in total. The average molecular weight is 175 g/mol. The van der Waals surface area contributed by atoms with Crippen LogP contribution in [0.5, 0.6) is 0 Å². The van der Waals surface area contributed by atoms with Gasteiger partial charge >= 0.3 is 0 Å². The molecule has 0 radical (unpaired) electrons. The van der Waals surface area contributed by atoms with E-state index >= 15 is 0 Å². The number of ether oxygens (including phenoxy) is 1. The lowest BCUT2D eigenvalue weighted by atomic mass is 10.2. The van der Waals surface area contributed by atoms with Crippen LogP contribution >= 0.6 is 11.8 Å². The Hall–Kier alpha value is -0.220. The Bertz CT molecular complexity index is 134. The van der Waals surface area contributed by atoms with E-state index in [9.17, 15) is 4.79 Å². The Kier molecular flexibility index (Phi) is 3.72. The fourth-order valence-corrected chi connectivity index (χ4v) is 2.23. The average Bonchev–Trinajstić information content (AvgIpc) is 2.52. The molecule has 0 spiro atoms. The summed E-state index contributed by atoms with van der Waals surface area (Å²) in [7, 11) is 1.57. The second kappa shape index (κ2) is 4.62. The highest BCUT2D eigenvalue weighted by atomic mass is 32.2. The predicted molar refractivity (Wildman–Crippen MR) is 45.5 cm³/mol. The number of nitrogens with one attached hydrogen (secondary N) is 1. The van der Waals surface area contributed by atoms with Crippen molar-refractivity contribution in [1.29, 1.82) is 0 Å². The lowest BCUT2D eigenvalue weighted by Crippen LogP contribution is -2.32. The van der Waals surface area contributed by atoms with E-state index in [1.807, 2.05) is 0 Å². The zero-order valence-corrected chi connectivity index (χ0v) is 7.45. The summed E-state index contributed by atoms with van der Waals surface area (Å²) >= 11 is 1.73. The van der Waals surface area contributed by atoms with Crippen LogP contribution in [0.3, 0.4) is 0 Å². The first kappa shape index (κ1) is 8.87. The van der Waals surface area contributed by atoms with Crippen molar-refractivity contribution in [3.63, 3.8) is 0 Å². The molecule has 0 saturated carbocycles. The number of amides is 1. The van der Waals surface area contributed by atoms with Crippen molar-refractivity contribution in [2.24, 2.45) is 0 Å². The van der Waals surface area contributed by atoms with Crippen LogP contribution in [0.4, 0.5) is 0 Å². The van der Waals surface area contributed by atoms with Gasteiger partial charge in [0.25, 0.3) is 0 Å². The molecule has 0 aromatic carbocycles. The van der Waals surface area contributed by atoms with Crippen LogP contribution in [0.1, 0.15) is 12.8 Å². The third-order valence-corrected chi connectivity index (χ3v) is 2.99. The zero-order valence-electron chi connectivity index (χ0n) is 6.63. The van der Waals surface area contributed by atoms with E-state index in [4.69, 9.17) is 4.74 Å². The largest absolute Gasteiger partial charge is 0.364 e.